The third kappa shape index (κ3) is 3.40. The number of H-pyrrole nitrogens is 1. The van der Waals surface area contributed by atoms with Crippen LogP contribution in [-0.2, 0) is 4.79 Å². The van der Waals surface area contributed by atoms with Crippen molar-refractivity contribution < 1.29 is 33.0 Å². The van der Waals surface area contributed by atoms with Crippen molar-refractivity contribution in [3.8, 4) is 33.5 Å². The van der Waals surface area contributed by atoms with Crippen LogP contribution >= 0.6 is 11.3 Å². The van der Waals surface area contributed by atoms with Crippen LogP contribution in [0.25, 0.3) is 22.0 Å². The van der Waals surface area contributed by atoms with Crippen molar-refractivity contribution >= 4 is 23.2 Å². The molecule has 9 heteroatoms. The summed E-state index contributed by atoms with van der Waals surface area (Å²) in [7, 11) is 0. The molecule has 1 aromatic carbocycles. The topological polar surface area (TPSA) is 89.1 Å². The Kier molecular flexibility index (Phi) is 4.81. The molecule has 4 rings (SSSR count). The van der Waals surface area contributed by atoms with Gasteiger partial charge in [0.1, 0.15) is 0 Å². The number of carbonyl (C=O) groups is 1. The molecule has 1 aliphatic rings. The molecular weight excluding hydrogens is 467 g/mol. The van der Waals surface area contributed by atoms with E-state index in [1.807, 2.05) is 37.4 Å². The number of rotatable bonds is 5. The number of amides is 1. The molecule has 1 aliphatic heterocycles. The van der Waals surface area contributed by atoms with E-state index in [1.165, 1.54) is 11.3 Å². The molecule has 2 aromatic heterocycles. The van der Waals surface area contributed by atoms with Crippen LogP contribution in [0, 0.1) is 6.92 Å². The predicted octanol–water partition coefficient (Wildman–Crippen LogP) is 0.937. The number of thiazole rings is 1. The van der Waals surface area contributed by atoms with E-state index in [9.17, 15) is 4.79 Å². The molecule has 136 valence electrons. The zero-order valence-electron chi connectivity index (χ0n) is 14.1. The van der Waals surface area contributed by atoms with E-state index in [2.05, 4.69) is 20.3 Å². The Morgan fingerprint density at radius 2 is 2.15 bits per heavy atom. The summed E-state index contributed by atoms with van der Waals surface area (Å²) in [5.74, 6) is 1.85. The van der Waals surface area contributed by atoms with Crippen LogP contribution in [0.4, 0.5) is 5.95 Å². The summed E-state index contributed by atoms with van der Waals surface area (Å²) in [4.78, 5) is 24.3. The van der Waals surface area contributed by atoms with Crippen LogP contribution in [0.3, 0.4) is 0 Å². The number of benzene rings is 1. The first-order chi connectivity index (χ1) is 12.6. The van der Waals surface area contributed by atoms with Crippen molar-refractivity contribution in [2.75, 3.05) is 5.32 Å². The molecule has 0 atom stereocenters. The summed E-state index contributed by atoms with van der Waals surface area (Å²) in [5.41, 5.74) is 3.33. The molecule has 0 saturated carbocycles. The number of hydrogen-bond acceptors (Lipinski definition) is 6. The van der Waals surface area contributed by atoms with Gasteiger partial charge in [0.2, 0.25) is 0 Å². The quantitative estimate of drug-likeness (QED) is 0.528. The minimum absolute atomic E-state index is 0.0647. The molecule has 3 aromatic rings. The predicted molar refractivity (Wildman–Crippen MR) is 94.7 cm³/mol. The molecule has 26 heavy (non-hydrogen) atoms. The second kappa shape index (κ2) is 7.23. The number of halogens is 1. The first-order valence-electron chi connectivity index (χ1n) is 8.09. The first-order valence-corrected chi connectivity index (χ1v) is 10.7. The van der Waals surface area contributed by atoms with E-state index >= 15 is 0 Å². The van der Waals surface area contributed by atoms with E-state index in [0.717, 1.165) is 45.6 Å². The van der Waals surface area contributed by atoms with E-state index in [0.29, 0.717) is 12.4 Å². The second-order valence-electron chi connectivity index (χ2n) is 5.78. The van der Waals surface area contributed by atoms with E-state index < -0.39 is 22.0 Å². The number of fused-ring (bicyclic) bond motifs is 1. The maximum atomic E-state index is 11.9. The van der Waals surface area contributed by atoms with Crippen molar-refractivity contribution in [1.82, 2.24) is 15.0 Å². The number of imidazole rings is 1. The molecular formula is C17H16IN4O3S-. The number of nitrogens with one attached hydrogen (secondary N) is 2. The standard InChI is InChI=1S/C17H16IN4O3S/c1-3-4-13(23)20-17-21-14(15(22-17)16-19-9(2)8-26-16)10-5-6-11-12(7-10)25-18-24-11/h5-8H,3-4H2,1-2H3,(H2,20,21,22,23)/q-1. The monoisotopic (exact) mass is 483 g/mol. The Hall–Kier alpha value is -2.14. The molecule has 3 heterocycles. The third-order valence-electron chi connectivity index (χ3n) is 3.72. The fourth-order valence-corrected chi connectivity index (χ4v) is 4.53. The molecule has 0 aliphatic carbocycles. The van der Waals surface area contributed by atoms with Crippen molar-refractivity contribution in [2.45, 2.75) is 26.7 Å². The summed E-state index contributed by atoms with van der Waals surface area (Å²) >= 11 is 0.807. The van der Waals surface area contributed by atoms with Crippen molar-refractivity contribution in [3.05, 3.63) is 29.3 Å². The normalized spacial score (nSPS) is 12.7. The van der Waals surface area contributed by atoms with Gasteiger partial charge >= 0.3 is 166 Å². The number of aromatic amines is 1. The van der Waals surface area contributed by atoms with Gasteiger partial charge in [0.25, 0.3) is 0 Å². The minimum atomic E-state index is -0.726. The van der Waals surface area contributed by atoms with Gasteiger partial charge in [0, 0.05) is 0 Å². The number of carbonyl (C=O) groups excluding carboxylic acids is 1. The summed E-state index contributed by atoms with van der Waals surface area (Å²) in [6.07, 6.45) is 1.23. The van der Waals surface area contributed by atoms with E-state index in [1.54, 1.807) is 0 Å². The Labute approximate surface area is 165 Å². The number of aryl methyl sites for hydroxylation is 1. The summed E-state index contributed by atoms with van der Waals surface area (Å²) in [6.45, 7) is 3.91. The Morgan fingerprint density at radius 1 is 1.31 bits per heavy atom. The van der Waals surface area contributed by atoms with Gasteiger partial charge in [-0.1, -0.05) is 0 Å². The number of hydrogen-bond donors (Lipinski definition) is 2. The molecule has 0 radical (unpaired) electrons. The average molecular weight is 483 g/mol. The van der Waals surface area contributed by atoms with Crippen LogP contribution in [0.1, 0.15) is 25.5 Å². The summed E-state index contributed by atoms with van der Waals surface area (Å²) < 4.78 is 11.1. The molecule has 0 bridgehead atoms. The van der Waals surface area contributed by atoms with Crippen molar-refractivity contribution in [2.24, 2.45) is 0 Å². The fourth-order valence-electron chi connectivity index (χ4n) is 2.55. The molecule has 1 amide bonds. The van der Waals surface area contributed by atoms with Gasteiger partial charge in [0.05, 0.1) is 0 Å². The zero-order chi connectivity index (χ0) is 18.1. The van der Waals surface area contributed by atoms with Crippen LogP contribution in [0.2, 0.25) is 0 Å². The summed E-state index contributed by atoms with van der Waals surface area (Å²) in [5, 5.41) is 5.63. The third-order valence-corrected chi connectivity index (χ3v) is 6.00. The van der Waals surface area contributed by atoms with Gasteiger partial charge in [0.15, 0.2) is 0 Å². The Balaban J connectivity index is 1.76. The van der Waals surface area contributed by atoms with Gasteiger partial charge in [-0.3, -0.25) is 0 Å². The Morgan fingerprint density at radius 3 is 2.92 bits per heavy atom. The van der Waals surface area contributed by atoms with Crippen LogP contribution in [-0.4, -0.2) is 20.9 Å². The van der Waals surface area contributed by atoms with Gasteiger partial charge in [-0.05, 0) is 0 Å². The number of nitrogens with zero attached hydrogens (tertiary/aromatic N) is 2. The summed E-state index contributed by atoms with van der Waals surface area (Å²) in [6, 6.07) is 5.74. The molecule has 2 N–H and O–H groups in total. The average Bonchev–Trinajstić information content (AvgIpc) is 3.33. The van der Waals surface area contributed by atoms with Crippen LogP contribution < -0.4 is 33.5 Å². The van der Waals surface area contributed by atoms with Crippen LogP contribution in [0.5, 0.6) is 11.5 Å². The van der Waals surface area contributed by atoms with Gasteiger partial charge in [-0.25, -0.2) is 0 Å². The molecule has 7 nitrogen and oxygen atoms in total. The molecule has 0 saturated heterocycles. The second-order valence-corrected chi connectivity index (χ2v) is 7.88. The molecule has 0 spiro atoms. The van der Waals surface area contributed by atoms with Crippen molar-refractivity contribution in [1.29, 1.82) is 0 Å². The van der Waals surface area contributed by atoms with Gasteiger partial charge in [-0.15, -0.1) is 0 Å². The van der Waals surface area contributed by atoms with Gasteiger partial charge in [-0.2, -0.15) is 0 Å². The first kappa shape index (κ1) is 17.3. The van der Waals surface area contributed by atoms with Crippen molar-refractivity contribution in [3.63, 3.8) is 0 Å². The molecule has 0 unspecified atom stereocenters. The van der Waals surface area contributed by atoms with E-state index in [4.69, 9.17) is 6.13 Å². The SMILES string of the molecule is CCCC(=O)Nc1nc(-c2ccc3c(c2)O[I-]O3)c(-c2nc(C)cs2)[nH]1. The Bertz CT molecular complexity index is 969. The number of anilines is 1. The number of aromatic nitrogens is 3. The van der Waals surface area contributed by atoms with Gasteiger partial charge < -0.3 is 0 Å². The van der Waals surface area contributed by atoms with Crippen LogP contribution in [0.15, 0.2) is 23.6 Å². The zero-order valence-corrected chi connectivity index (χ0v) is 17.1. The molecule has 0 fully saturated rings. The maximum absolute atomic E-state index is 11.9. The fraction of sp³-hybridized carbons (Fsp3) is 0.235. The van der Waals surface area contributed by atoms with E-state index in [-0.39, 0.29) is 5.91 Å².